The number of ether oxygens (including phenoxy) is 1. The Balaban J connectivity index is 1.76. The molecule has 0 unspecified atom stereocenters. The number of hydrogen-bond acceptors (Lipinski definition) is 4. The van der Waals surface area contributed by atoms with Gasteiger partial charge >= 0.3 is 5.97 Å². The first-order valence-electron chi connectivity index (χ1n) is 6.38. The van der Waals surface area contributed by atoms with Crippen LogP contribution >= 0.6 is 0 Å². The minimum atomic E-state index is -0.146. The molecular formula is C14H20N2O2. The molecule has 1 saturated heterocycles. The van der Waals surface area contributed by atoms with Crippen LogP contribution in [-0.2, 0) is 16.1 Å². The number of rotatable bonds is 5. The van der Waals surface area contributed by atoms with E-state index in [1.54, 1.807) is 0 Å². The smallest absolute Gasteiger partial charge is 0.323 e. The molecule has 1 aliphatic heterocycles. The van der Waals surface area contributed by atoms with E-state index in [9.17, 15) is 4.79 Å². The van der Waals surface area contributed by atoms with Gasteiger partial charge < -0.3 is 15.4 Å². The van der Waals surface area contributed by atoms with E-state index in [4.69, 9.17) is 4.74 Å². The number of carbonyl (C=O) groups excluding carboxylic acids is 1. The van der Waals surface area contributed by atoms with E-state index in [0.29, 0.717) is 12.5 Å². The van der Waals surface area contributed by atoms with Crippen molar-refractivity contribution in [3.63, 3.8) is 0 Å². The highest BCUT2D eigenvalue weighted by molar-refractivity contribution is 5.76. The summed E-state index contributed by atoms with van der Waals surface area (Å²) >= 11 is 0. The zero-order chi connectivity index (χ0) is 12.8. The van der Waals surface area contributed by atoms with Crippen molar-refractivity contribution < 1.29 is 9.53 Å². The molecule has 1 heterocycles. The Hall–Kier alpha value is -1.39. The van der Waals surface area contributed by atoms with Crippen LogP contribution in [0.1, 0.15) is 12.0 Å². The van der Waals surface area contributed by atoms with E-state index in [-0.39, 0.29) is 12.0 Å². The first-order valence-corrected chi connectivity index (χ1v) is 6.38. The Morgan fingerprint density at radius 3 is 2.94 bits per heavy atom. The van der Waals surface area contributed by atoms with Gasteiger partial charge in [-0.25, -0.2) is 0 Å². The van der Waals surface area contributed by atoms with Gasteiger partial charge in [-0.1, -0.05) is 30.3 Å². The van der Waals surface area contributed by atoms with Crippen LogP contribution in [0.3, 0.4) is 0 Å². The van der Waals surface area contributed by atoms with Gasteiger partial charge in [0.1, 0.15) is 12.6 Å². The van der Waals surface area contributed by atoms with Gasteiger partial charge in [0.05, 0.1) is 0 Å². The molecule has 1 fully saturated rings. The van der Waals surface area contributed by atoms with Gasteiger partial charge in [0, 0.05) is 6.54 Å². The van der Waals surface area contributed by atoms with E-state index in [1.165, 1.54) is 0 Å². The summed E-state index contributed by atoms with van der Waals surface area (Å²) in [4.78, 5) is 11.9. The molecular weight excluding hydrogens is 228 g/mol. The van der Waals surface area contributed by atoms with Gasteiger partial charge in [-0.05, 0) is 31.5 Å². The Labute approximate surface area is 108 Å². The molecule has 2 rings (SSSR count). The Morgan fingerprint density at radius 2 is 2.22 bits per heavy atom. The van der Waals surface area contributed by atoms with Crippen molar-refractivity contribution in [3.8, 4) is 0 Å². The lowest BCUT2D eigenvalue weighted by Crippen LogP contribution is -2.32. The summed E-state index contributed by atoms with van der Waals surface area (Å²) in [5.74, 6) is 0.377. The first-order chi connectivity index (χ1) is 8.79. The van der Waals surface area contributed by atoms with Gasteiger partial charge in [-0.3, -0.25) is 4.79 Å². The van der Waals surface area contributed by atoms with Crippen molar-refractivity contribution in [1.29, 1.82) is 0 Å². The number of benzene rings is 1. The predicted molar refractivity (Wildman–Crippen MR) is 70.1 cm³/mol. The summed E-state index contributed by atoms with van der Waals surface area (Å²) in [6.07, 6.45) is 0.856. The predicted octanol–water partition coefficient (Wildman–Crippen LogP) is 0.927. The van der Waals surface area contributed by atoms with Crippen LogP contribution in [0.2, 0.25) is 0 Å². The maximum absolute atomic E-state index is 11.9. The Bertz CT molecular complexity index is 381. The molecule has 0 amide bonds. The standard InChI is InChI=1S/C14H20N2O2/c1-15-8-12-7-13(16-9-12)14(17)18-10-11-5-3-2-4-6-11/h2-6,12-13,15-16H,7-10H2,1H3/t12-,13+/m1/s1. The SMILES string of the molecule is CNC[C@@H]1CN[C@H](C(=O)OCc2ccccc2)C1. The fourth-order valence-electron chi connectivity index (χ4n) is 2.26. The summed E-state index contributed by atoms with van der Waals surface area (Å²) in [6.45, 7) is 2.18. The lowest BCUT2D eigenvalue weighted by atomic mass is 10.1. The molecule has 0 spiro atoms. The van der Waals surface area contributed by atoms with Gasteiger partial charge in [-0.2, -0.15) is 0 Å². The van der Waals surface area contributed by atoms with E-state index < -0.39 is 0 Å². The Kier molecular flexibility index (Phi) is 4.73. The summed E-state index contributed by atoms with van der Waals surface area (Å²) in [6, 6.07) is 9.61. The van der Waals surface area contributed by atoms with Crippen molar-refractivity contribution in [2.24, 2.45) is 5.92 Å². The minimum Gasteiger partial charge on any atom is -0.460 e. The number of esters is 1. The molecule has 98 valence electrons. The third-order valence-electron chi connectivity index (χ3n) is 3.22. The van der Waals surface area contributed by atoms with Crippen LogP contribution in [0.4, 0.5) is 0 Å². The summed E-state index contributed by atoms with van der Waals surface area (Å²) < 4.78 is 5.32. The Morgan fingerprint density at radius 1 is 1.44 bits per heavy atom. The number of carbonyl (C=O) groups is 1. The van der Waals surface area contributed by atoms with Crippen molar-refractivity contribution in [1.82, 2.24) is 10.6 Å². The maximum Gasteiger partial charge on any atom is 0.323 e. The fraction of sp³-hybridized carbons (Fsp3) is 0.500. The van der Waals surface area contributed by atoms with E-state index in [0.717, 1.165) is 25.1 Å². The van der Waals surface area contributed by atoms with Gasteiger partial charge in [-0.15, -0.1) is 0 Å². The third kappa shape index (κ3) is 3.55. The van der Waals surface area contributed by atoms with E-state index in [1.807, 2.05) is 37.4 Å². The average molecular weight is 248 g/mol. The molecule has 18 heavy (non-hydrogen) atoms. The highest BCUT2D eigenvalue weighted by atomic mass is 16.5. The maximum atomic E-state index is 11.9. The van der Waals surface area contributed by atoms with Gasteiger partial charge in [0.15, 0.2) is 0 Å². The normalized spacial score (nSPS) is 22.9. The molecule has 2 atom stereocenters. The lowest BCUT2D eigenvalue weighted by molar-refractivity contribution is -0.147. The van der Waals surface area contributed by atoms with E-state index in [2.05, 4.69) is 10.6 Å². The van der Waals surface area contributed by atoms with Gasteiger partial charge in [0.2, 0.25) is 0 Å². The molecule has 0 bridgehead atoms. The van der Waals surface area contributed by atoms with Crippen molar-refractivity contribution in [2.75, 3.05) is 20.1 Å². The highest BCUT2D eigenvalue weighted by Gasteiger charge is 2.29. The molecule has 0 aromatic heterocycles. The molecule has 0 aliphatic carbocycles. The fourth-order valence-corrected chi connectivity index (χ4v) is 2.26. The highest BCUT2D eigenvalue weighted by Crippen LogP contribution is 2.14. The molecule has 2 N–H and O–H groups in total. The molecule has 1 aromatic carbocycles. The molecule has 4 nitrogen and oxygen atoms in total. The molecule has 1 aliphatic rings. The molecule has 0 saturated carbocycles. The van der Waals surface area contributed by atoms with Crippen LogP contribution < -0.4 is 10.6 Å². The number of hydrogen-bond donors (Lipinski definition) is 2. The molecule has 4 heteroatoms. The lowest BCUT2D eigenvalue weighted by Gasteiger charge is -2.10. The number of nitrogens with one attached hydrogen (secondary N) is 2. The summed E-state index contributed by atoms with van der Waals surface area (Å²) in [5, 5.41) is 6.35. The summed E-state index contributed by atoms with van der Waals surface area (Å²) in [7, 11) is 1.93. The van der Waals surface area contributed by atoms with Crippen molar-refractivity contribution in [3.05, 3.63) is 35.9 Å². The molecule has 0 radical (unpaired) electrons. The van der Waals surface area contributed by atoms with Crippen LogP contribution in [0.25, 0.3) is 0 Å². The second-order valence-corrected chi connectivity index (χ2v) is 4.71. The average Bonchev–Trinajstić information content (AvgIpc) is 2.86. The van der Waals surface area contributed by atoms with Crippen LogP contribution in [0.15, 0.2) is 30.3 Å². The van der Waals surface area contributed by atoms with Crippen LogP contribution in [0, 0.1) is 5.92 Å². The van der Waals surface area contributed by atoms with Crippen molar-refractivity contribution >= 4 is 5.97 Å². The quantitative estimate of drug-likeness (QED) is 0.761. The van der Waals surface area contributed by atoms with Crippen LogP contribution in [0.5, 0.6) is 0 Å². The second kappa shape index (κ2) is 6.52. The van der Waals surface area contributed by atoms with Crippen molar-refractivity contribution in [2.45, 2.75) is 19.1 Å². The van der Waals surface area contributed by atoms with Gasteiger partial charge in [0.25, 0.3) is 0 Å². The summed E-state index contributed by atoms with van der Waals surface area (Å²) in [5.41, 5.74) is 1.02. The third-order valence-corrected chi connectivity index (χ3v) is 3.22. The largest absolute Gasteiger partial charge is 0.460 e. The first kappa shape index (κ1) is 13.1. The minimum absolute atomic E-state index is 0.141. The topological polar surface area (TPSA) is 50.4 Å². The van der Waals surface area contributed by atoms with Crippen LogP contribution in [-0.4, -0.2) is 32.1 Å². The second-order valence-electron chi connectivity index (χ2n) is 4.71. The molecule has 1 aromatic rings. The monoisotopic (exact) mass is 248 g/mol. The zero-order valence-corrected chi connectivity index (χ0v) is 10.7. The van der Waals surface area contributed by atoms with E-state index >= 15 is 0 Å². The zero-order valence-electron chi connectivity index (χ0n) is 10.7.